The van der Waals surface area contributed by atoms with Crippen molar-refractivity contribution in [1.29, 1.82) is 0 Å². The van der Waals surface area contributed by atoms with Gasteiger partial charge in [-0.15, -0.1) is 0 Å². The van der Waals surface area contributed by atoms with Crippen molar-refractivity contribution in [2.24, 2.45) is 0 Å². The van der Waals surface area contributed by atoms with Gasteiger partial charge in [-0.2, -0.15) is 0 Å². The molecule has 1 heterocycles. The van der Waals surface area contributed by atoms with Gasteiger partial charge in [0.2, 0.25) is 0 Å². The Morgan fingerprint density at radius 2 is 1.95 bits per heavy atom. The molecule has 1 saturated heterocycles. The zero-order chi connectivity index (χ0) is 14.9. The number of rotatable bonds is 8. The summed E-state index contributed by atoms with van der Waals surface area (Å²) in [7, 11) is 0. The second-order valence-corrected chi connectivity index (χ2v) is 6.47. The molecule has 0 aromatic rings. The van der Waals surface area contributed by atoms with Crippen LogP contribution in [0.4, 0.5) is 0 Å². The molecule has 2 aliphatic rings. The van der Waals surface area contributed by atoms with E-state index in [-0.39, 0.29) is 0 Å². The van der Waals surface area contributed by atoms with E-state index in [2.05, 4.69) is 17.1 Å². The topological polar surface area (TPSA) is 54.0 Å². The first-order chi connectivity index (χ1) is 10.2. The molecular formula is C16H32N2O3. The Morgan fingerprint density at radius 1 is 1.24 bits per heavy atom. The zero-order valence-corrected chi connectivity index (χ0v) is 13.4. The number of morpholine rings is 1. The van der Waals surface area contributed by atoms with Crippen LogP contribution in [0.3, 0.4) is 0 Å². The molecule has 21 heavy (non-hydrogen) atoms. The van der Waals surface area contributed by atoms with Crippen LogP contribution >= 0.6 is 0 Å². The van der Waals surface area contributed by atoms with Crippen LogP contribution in [0.2, 0.25) is 0 Å². The van der Waals surface area contributed by atoms with Crippen LogP contribution < -0.4 is 5.32 Å². The lowest BCUT2D eigenvalue weighted by Gasteiger charge is -2.30. The molecule has 0 aromatic carbocycles. The minimum absolute atomic E-state index is 0.374. The SMILES string of the molecule is CC(CN1CCOCC1)NCC(O)COC1CCCCC1. The van der Waals surface area contributed by atoms with Crippen molar-refractivity contribution in [1.82, 2.24) is 10.2 Å². The summed E-state index contributed by atoms with van der Waals surface area (Å²) in [6.07, 6.45) is 6.17. The van der Waals surface area contributed by atoms with Crippen LogP contribution in [0.15, 0.2) is 0 Å². The third-order valence-electron chi connectivity index (χ3n) is 4.41. The molecule has 0 bridgehead atoms. The Labute approximate surface area is 129 Å². The fourth-order valence-electron chi connectivity index (χ4n) is 3.11. The zero-order valence-electron chi connectivity index (χ0n) is 13.4. The van der Waals surface area contributed by atoms with E-state index in [1.165, 1.54) is 19.3 Å². The van der Waals surface area contributed by atoms with E-state index in [1.807, 2.05) is 0 Å². The summed E-state index contributed by atoms with van der Waals surface area (Å²) in [5, 5.41) is 13.4. The van der Waals surface area contributed by atoms with Crippen molar-refractivity contribution < 1.29 is 14.6 Å². The van der Waals surface area contributed by atoms with E-state index in [0.717, 1.165) is 45.7 Å². The summed E-state index contributed by atoms with van der Waals surface area (Å²) in [4.78, 5) is 2.41. The van der Waals surface area contributed by atoms with Gasteiger partial charge in [0, 0.05) is 32.2 Å². The lowest BCUT2D eigenvalue weighted by atomic mass is 9.98. The maximum Gasteiger partial charge on any atom is 0.0897 e. The standard InChI is InChI=1S/C16H32N2O3/c1-14(12-18-7-9-20-10-8-18)17-11-15(19)13-21-16-5-3-2-4-6-16/h14-17,19H,2-13H2,1H3. The maximum atomic E-state index is 10.0. The molecule has 2 fully saturated rings. The Kier molecular flexibility index (Phi) is 7.96. The minimum Gasteiger partial charge on any atom is -0.389 e. The van der Waals surface area contributed by atoms with Crippen molar-refractivity contribution in [3.8, 4) is 0 Å². The average molecular weight is 300 g/mol. The number of nitrogens with one attached hydrogen (secondary N) is 1. The van der Waals surface area contributed by atoms with Gasteiger partial charge in [-0.3, -0.25) is 4.90 Å². The van der Waals surface area contributed by atoms with Gasteiger partial charge in [0.25, 0.3) is 0 Å². The summed E-state index contributed by atoms with van der Waals surface area (Å²) in [6.45, 7) is 7.96. The predicted molar refractivity (Wildman–Crippen MR) is 83.6 cm³/mol. The van der Waals surface area contributed by atoms with Crippen molar-refractivity contribution >= 4 is 0 Å². The summed E-state index contributed by atoms with van der Waals surface area (Å²) in [6, 6.07) is 0.382. The Bertz CT molecular complexity index is 266. The minimum atomic E-state index is -0.404. The number of hydrogen-bond acceptors (Lipinski definition) is 5. The normalized spacial score (nSPS) is 24.9. The molecule has 2 rings (SSSR count). The van der Waals surface area contributed by atoms with E-state index in [9.17, 15) is 5.11 Å². The number of aliphatic hydroxyl groups is 1. The molecule has 0 aromatic heterocycles. The molecular weight excluding hydrogens is 268 g/mol. The van der Waals surface area contributed by atoms with Gasteiger partial charge < -0.3 is 19.9 Å². The van der Waals surface area contributed by atoms with E-state index >= 15 is 0 Å². The first-order valence-corrected chi connectivity index (χ1v) is 8.57. The van der Waals surface area contributed by atoms with Gasteiger partial charge in [0.1, 0.15) is 0 Å². The summed E-state index contributed by atoms with van der Waals surface area (Å²) < 4.78 is 11.2. The van der Waals surface area contributed by atoms with Gasteiger partial charge in [0.15, 0.2) is 0 Å². The summed E-state index contributed by atoms with van der Waals surface area (Å²) in [5.74, 6) is 0. The van der Waals surface area contributed by atoms with Crippen molar-refractivity contribution in [2.45, 2.75) is 57.3 Å². The van der Waals surface area contributed by atoms with E-state index in [4.69, 9.17) is 9.47 Å². The highest BCUT2D eigenvalue weighted by atomic mass is 16.5. The molecule has 0 spiro atoms. The fourth-order valence-corrected chi connectivity index (χ4v) is 3.11. The van der Waals surface area contributed by atoms with Gasteiger partial charge in [-0.05, 0) is 19.8 Å². The van der Waals surface area contributed by atoms with Gasteiger partial charge in [-0.1, -0.05) is 19.3 Å². The van der Waals surface area contributed by atoms with Crippen LogP contribution in [0.1, 0.15) is 39.0 Å². The summed E-state index contributed by atoms with van der Waals surface area (Å²) in [5.41, 5.74) is 0. The van der Waals surface area contributed by atoms with Crippen LogP contribution in [-0.4, -0.2) is 74.3 Å². The molecule has 0 amide bonds. The Hall–Kier alpha value is -0.200. The number of nitrogens with zero attached hydrogens (tertiary/aromatic N) is 1. The van der Waals surface area contributed by atoms with E-state index in [1.54, 1.807) is 0 Å². The number of hydrogen-bond donors (Lipinski definition) is 2. The smallest absolute Gasteiger partial charge is 0.0897 e. The van der Waals surface area contributed by atoms with E-state index < -0.39 is 6.10 Å². The van der Waals surface area contributed by atoms with Crippen LogP contribution in [0.25, 0.3) is 0 Å². The average Bonchev–Trinajstić information content (AvgIpc) is 2.53. The highest BCUT2D eigenvalue weighted by Gasteiger charge is 2.17. The molecule has 5 nitrogen and oxygen atoms in total. The van der Waals surface area contributed by atoms with Crippen molar-refractivity contribution in [3.05, 3.63) is 0 Å². The highest BCUT2D eigenvalue weighted by molar-refractivity contribution is 4.72. The van der Waals surface area contributed by atoms with Crippen molar-refractivity contribution in [3.63, 3.8) is 0 Å². The largest absolute Gasteiger partial charge is 0.389 e. The third kappa shape index (κ3) is 7.06. The Morgan fingerprint density at radius 3 is 2.67 bits per heavy atom. The van der Waals surface area contributed by atoms with Crippen LogP contribution in [-0.2, 0) is 9.47 Å². The summed E-state index contributed by atoms with van der Waals surface area (Å²) >= 11 is 0. The second-order valence-electron chi connectivity index (χ2n) is 6.47. The van der Waals surface area contributed by atoms with Gasteiger partial charge in [0.05, 0.1) is 32.0 Å². The molecule has 2 N–H and O–H groups in total. The van der Waals surface area contributed by atoms with E-state index in [0.29, 0.717) is 25.3 Å². The molecule has 1 aliphatic carbocycles. The molecule has 1 saturated carbocycles. The predicted octanol–water partition coefficient (Wildman–Crippen LogP) is 1.01. The molecule has 2 unspecified atom stereocenters. The lowest BCUT2D eigenvalue weighted by Crippen LogP contribution is -2.46. The number of ether oxygens (including phenoxy) is 2. The lowest BCUT2D eigenvalue weighted by molar-refractivity contribution is -0.0240. The molecule has 0 radical (unpaired) electrons. The monoisotopic (exact) mass is 300 g/mol. The Balaban J connectivity index is 1.51. The maximum absolute atomic E-state index is 10.0. The first kappa shape index (κ1) is 17.2. The quantitative estimate of drug-likeness (QED) is 0.701. The molecule has 5 heteroatoms. The molecule has 124 valence electrons. The second kappa shape index (κ2) is 9.74. The van der Waals surface area contributed by atoms with Crippen molar-refractivity contribution in [2.75, 3.05) is 46.0 Å². The third-order valence-corrected chi connectivity index (χ3v) is 4.41. The van der Waals surface area contributed by atoms with Crippen LogP contribution in [0.5, 0.6) is 0 Å². The van der Waals surface area contributed by atoms with Gasteiger partial charge >= 0.3 is 0 Å². The molecule has 1 aliphatic heterocycles. The van der Waals surface area contributed by atoms with Gasteiger partial charge in [-0.25, -0.2) is 0 Å². The molecule has 2 atom stereocenters. The van der Waals surface area contributed by atoms with Crippen LogP contribution in [0, 0.1) is 0 Å². The number of aliphatic hydroxyl groups excluding tert-OH is 1. The highest BCUT2D eigenvalue weighted by Crippen LogP contribution is 2.20. The fraction of sp³-hybridized carbons (Fsp3) is 1.00. The first-order valence-electron chi connectivity index (χ1n) is 8.57.